The lowest BCUT2D eigenvalue weighted by Crippen LogP contribution is -2.12. The highest BCUT2D eigenvalue weighted by Crippen LogP contribution is 2.24. The molecule has 0 bridgehead atoms. The number of Topliss-reactive ketones (excluding diaryl/α,β-unsaturated/α-hetero) is 1. The van der Waals surface area contributed by atoms with Gasteiger partial charge in [0.25, 0.3) is 0 Å². The standard InChI is InChI=1S/C20H24N4O3S2/c1-4-10-23-11-9-22-20(23)28-13-19(25)18-12-14(2)24(15(18)3)16-5-7-17(8-6-16)29(21,26)27/h5-9,11-12H,4,10,13H2,1-3H3,(H2,21,26,27). The van der Waals surface area contributed by atoms with Crippen molar-refractivity contribution in [2.75, 3.05) is 5.75 Å². The van der Waals surface area contributed by atoms with Crippen molar-refractivity contribution >= 4 is 27.6 Å². The zero-order valence-electron chi connectivity index (χ0n) is 16.6. The molecule has 0 atom stereocenters. The van der Waals surface area contributed by atoms with E-state index in [2.05, 4.69) is 11.9 Å². The van der Waals surface area contributed by atoms with Crippen molar-refractivity contribution in [1.29, 1.82) is 0 Å². The smallest absolute Gasteiger partial charge is 0.238 e. The van der Waals surface area contributed by atoms with Crippen molar-refractivity contribution in [1.82, 2.24) is 14.1 Å². The molecule has 0 fully saturated rings. The highest BCUT2D eigenvalue weighted by atomic mass is 32.2. The summed E-state index contributed by atoms with van der Waals surface area (Å²) in [5.74, 6) is 0.330. The number of primary sulfonamides is 1. The van der Waals surface area contributed by atoms with Gasteiger partial charge < -0.3 is 9.13 Å². The van der Waals surface area contributed by atoms with Crippen molar-refractivity contribution in [3.05, 3.63) is 59.7 Å². The van der Waals surface area contributed by atoms with E-state index in [1.54, 1.807) is 18.3 Å². The molecule has 7 nitrogen and oxygen atoms in total. The van der Waals surface area contributed by atoms with Gasteiger partial charge in [0.2, 0.25) is 10.0 Å². The molecular weight excluding hydrogens is 408 g/mol. The minimum Gasteiger partial charge on any atom is -0.326 e. The minimum atomic E-state index is -3.74. The second-order valence-corrected chi connectivity index (χ2v) is 9.28. The third-order valence-corrected chi connectivity index (χ3v) is 6.56. The molecule has 0 amide bonds. The van der Waals surface area contributed by atoms with Crippen molar-refractivity contribution in [2.24, 2.45) is 5.14 Å². The van der Waals surface area contributed by atoms with Crippen LogP contribution in [0.5, 0.6) is 0 Å². The Bertz CT molecular complexity index is 1130. The number of benzene rings is 1. The van der Waals surface area contributed by atoms with Crippen LogP contribution >= 0.6 is 11.8 Å². The van der Waals surface area contributed by atoms with Crippen LogP contribution in [0.25, 0.3) is 5.69 Å². The van der Waals surface area contributed by atoms with E-state index < -0.39 is 10.0 Å². The first-order chi connectivity index (χ1) is 13.7. The Morgan fingerprint density at radius 3 is 2.52 bits per heavy atom. The molecule has 2 N–H and O–H groups in total. The molecule has 0 aliphatic carbocycles. The lowest BCUT2D eigenvalue weighted by atomic mass is 10.2. The number of nitrogens with two attached hydrogens (primary N) is 1. The maximum absolute atomic E-state index is 12.8. The predicted molar refractivity (Wildman–Crippen MR) is 114 cm³/mol. The number of aryl methyl sites for hydroxylation is 2. The van der Waals surface area contributed by atoms with Gasteiger partial charge >= 0.3 is 0 Å². The number of carbonyl (C=O) groups excluding carboxylic acids is 1. The molecule has 0 saturated heterocycles. The number of aromatic nitrogens is 3. The van der Waals surface area contributed by atoms with Crippen LogP contribution in [-0.4, -0.2) is 34.1 Å². The third kappa shape index (κ3) is 4.63. The van der Waals surface area contributed by atoms with Crippen LogP contribution < -0.4 is 5.14 Å². The number of ketones is 1. The monoisotopic (exact) mass is 432 g/mol. The molecular formula is C20H24N4O3S2. The van der Waals surface area contributed by atoms with Crippen LogP contribution in [0.4, 0.5) is 0 Å². The van der Waals surface area contributed by atoms with Crippen molar-refractivity contribution in [2.45, 2.75) is 43.8 Å². The molecule has 3 aromatic rings. The molecule has 0 radical (unpaired) electrons. The van der Waals surface area contributed by atoms with E-state index in [1.165, 1.54) is 23.9 Å². The molecule has 1 aromatic carbocycles. The van der Waals surface area contributed by atoms with Gasteiger partial charge in [-0.15, -0.1) is 0 Å². The van der Waals surface area contributed by atoms with Crippen LogP contribution in [0.15, 0.2) is 52.8 Å². The van der Waals surface area contributed by atoms with Gasteiger partial charge in [0.05, 0.1) is 10.6 Å². The minimum absolute atomic E-state index is 0.0292. The molecule has 154 valence electrons. The Morgan fingerprint density at radius 1 is 1.21 bits per heavy atom. The van der Waals surface area contributed by atoms with E-state index in [-0.39, 0.29) is 10.7 Å². The Morgan fingerprint density at radius 2 is 1.90 bits per heavy atom. The largest absolute Gasteiger partial charge is 0.326 e. The summed E-state index contributed by atoms with van der Waals surface area (Å²) in [5, 5.41) is 6.00. The van der Waals surface area contributed by atoms with Crippen LogP contribution in [0, 0.1) is 13.8 Å². The molecule has 0 saturated carbocycles. The van der Waals surface area contributed by atoms with Crippen molar-refractivity contribution in [3.63, 3.8) is 0 Å². The van der Waals surface area contributed by atoms with Gasteiger partial charge in [-0.25, -0.2) is 18.5 Å². The lowest BCUT2D eigenvalue weighted by Gasteiger charge is -2.10. The average molecular weight is 433 g/mol. The molecule has 9 heteroatoms. The second kappa shape index (κ2) is 8.56. The number of nitrogens with zero attached hydrogens (tertiary/aromatic N) is 3. The fourth-order valence-corrected chi connectivity index (χ4v) is 4.67. The van der Waals surface area contributed by atoms with Crippen molar-refractivity contribution < 1.29 is 13.2 Å². The maximum atomic E-state index is 12.8. The summed E-state index contributed by atoms with van der Waals surface area (Å²) in [6.07, 6.45) is 4.68. The average Bonchev–Trinajstić information content (AvgIpc) is 3.23. The van der Waals surface area contributed by atoms with Crippen LogP contribution in [0.2, 0.25) is 0 Å². The molecule has 0 spiro atoms. The first kappa shape index (κ1) is 21.4. The van der Waals surface area contributed by atoms with Crippen LogP contribution in [-0.2, 0) is 16.6 Å². The Balaban J connectivity index is 1.81. The molecule has 0 aliphatic heterocycles. The SMILES string of the molecule is CCCn1ccnc1SCC(=O)c1cc(C)n(-c2ccc(S(N)(=O)=O)cc2)c1C. The zero-order valence-corrected chi connectivity index (χ0v) is 18.3. The van der Waals surface area contributed by atoms with E-state index in [4.69, 9.17) is 5.14 Å². The van der Waals surface area contributed by atoms with Gasteiger partial charge in [-0.2, -0.15) is 0 Å². The van der Waals surface area contributed by atoms with Gasteiger partial charge in [-0.1, -0.05) is 18.7 Å². The highest BCUT2D eigenvalue weighted by molar-refractivity contribution is 7.99. The normalized spacial score (nSPS) is 11.7. The number of thioether (sulfide) groups is 1. The quantitative estimate of drug-likeness (QED) is 0.435. The first-order valence-electron chi connectivity index (χ1n) is 9.21. The number of rotatable bonds is 8. The zero-order chi connectivity index (χ0) is 21.2. The summed E-state index contributed by atoms with van der Waals surface area (Å²) in [7, 11) is -3.74. The number of carbonyl (C=O) groups is 1. The van der Waals surface area contributed by atoms with Crippen LogP contribution in [0.3, 0.4) is 0 Å². The Labute approximate surface area is 175 Å². The fraction of sp³-hybridized carbons (Fsp3) is 0.300. The topological polar surface area (TPSA) is 100.0 Å². The molecule has 2 aromatic heterocycles. The van der Waals surface area contributed by atoms with E-state index in [9.17, 15) is 13.2 Å². The Kier molecular flexibility index (Phi) is 6.30. The van der Waals surface area contributed by atoms with Gasteiger partial charge in [0.15, 0.2) is 10.9 Å². The second-order valence-electron chi connectivity index (χ2n) is 6.77. The molecule has 2 heterocycles. The Hall–Kier alpha value is -2.36. The van der Waals surface area contributed by atoms with E-state index >= 15 is 0 Å². The van der Waals surface area contributed by atoms with E-state index in [0.29, 0.717) is 11.3 Å². The molecule has 0 aliphatic rings. The highest BCUT2D eigenvalue weighted by Gasteiger charge is 2.18. The summed E-state index contributed by atoms with van der Waals surface area (Å²) >= 11 is 1.43. The number of sulfonamides is 1. The van der Waals surface area contributed by atoms with Gasteiger partial charge in [0, 0.05) is 41.6 Å². The number of hydrogen-bond acceptors (Lipinski definition) is 5. The number of imidazole rings is 1. The van der Waals surface area contributed by atoms with Crippen LogP contribution in [0.1, 0.15) is 35.1 Å². The first-order valence-corrected chi connectivity index (χ1v) is 11.7. The number of hydrogen-bond donors (Lipinski definition) is 1. The lowest BCUT2D eigenvalue weighted by molar-refractivity contribution is 0.102. The van der Waals surface area contributed by atoms with Gasteiger partial charge in [-0.3, -0.25) is 4.79 Å². The fourth-order valence-electron chi connectivity index (χ4n) is 3.28. The summed E-state index contributed by atoms with van der Waals surface area (Å²) in [5.41, 5.74) is 3.14. The molecule has 29 heavy (non-hydrogen) atoms. The van der Waals surface area contributed by atoms with Crippen molar-refractivity contribution in [3.8, 4) is 5.69 Å². The van der Waals surface area contributed by atoms with Gasteiger partial charge in [-0.05, 0) is 50.6 Å². The summed E-state index contributed by atoms with van der Waals surface area (Å²) in [6.45, 7) is 6.78. The predicted octanol–water partition coefficient (Wildman–Crippen LogP) is 3.32. The summed E-state index contributed by atoms with van der Waals surface area (Å²) < 4.78 is 26.9. The maximum Gasteiger partial charge on any atom is 0.238 e. The summed E-state index contributed by atoms with van der Waals surface area (Å²) in [4.78, 5) is 17.2. The van der Waals surface area contributed by atoms with E-state index in [0.717, 1.165) is 35.2 Å². The van der Waals surface area contributed by atoms with E-state index in [1.807, 2.05) is 35.2 Å². The third-order valence-electron chi connectivity index (χ3n) is 4.63. The molecule has 0 unspecified atom stereocenters. The summed E-state index contributed by atoms with van der Waals surface area (Å²) in [6, 6.07) is 8.17. The van der Waals surface area contributed by atoms with Gasteiger partial charge in [0.1, 0.15) is 0 Å². The molecule has 3 rings (SSSR count).